The van der Waals surface area contributed by atoms with Crippen LogP contribution in [-0.4, -0.2) is 25.3 Å². The van der Waals surface area contributed by atoms with Crippen molar-refractivity contribution in [2.75, 3.05) is 6.54 Å². The van der Waals surface area contributed by atoms with Crippen LogP contribution in [0.1, 0.15) is 52.5 Å². The second-order valence-corrected chi connectivity index (χ2v) is 14.4. The molecule has 0 bridgehead atoms. The van der Waals surface area contributed by atoms with Crippen molar-refractivity contribution in [2.45, 2.75) is 51.5 Å². The number of rotatable bonds is 4. The van der Waals surface area contributed by atoms with Gasteiger partial charge in [0.05, 0.1) is 4.90 Å². The molecule has 4 aromatic rings. The minimum Gasteiger partial charge on any atom is -0.207 e. The lowest BCUT2D eigenvalue weighted by molar-refractivity contribution is 0.285. The quantitative estimate of drug-likeness (QED) is 0.263. The highest BCUT2D eigenvalue weighted by Crippen LogP contribution is 2.59. The van der Waals surface area contributed by atoms with E-state index < -0.39 is 10.0 Å². The second-order valence-electron chi connectivity index (χ2n) is 11.5. The van der Waals surface area contributed by atoms with Crippen LogP contribution in [0, 0.1) is 38.5 Å². The fourth-order valence-electron chi connectivity index (χ4n) is 7.38. The van der Waals surface area contributed by atoms with Crippen LogP contribution in [0.25, 0.3) is 15.7 Å². The van der Waals surface area contributed by atoms with Gasteiger partial charge in [-0.15, -0.1) is 11.3 Å². The highest BCUT2D eigenvalue weighted by atomic mass is 32.2. The third-order valence-electron chi connectivity index (χ3n) is 8.62. The Morgan fingerprint density at radius 3 is 2.24 bits per heavy atom. The van der Waals surface area contributed by atoms with Gasteiger partial charge in [-0.25, -0.2) is 8.42 Å². The standard InChI is InChI=1S/C33H35NO2S2/c1-19(2)31-28-23(6)29-25-14-10-11-15-27(25)37-32(29)30(24-12-8-7-9-13-24)26(28)18-34(31)38(35,36)33-21(4)16-20(3)17-22(33)5/h7-17,19,26,28,30-31H,6,18H2,1-5H3/t26-,28+,30+,31-/m0/s1. The minimum atomic E-state index is -3.72. The van der Waals surface area contributed by atoms with E-state index in [-0.39, 0.29) is 29.7 Å². The molecule has 2 aliphatic rings. The average molecular weight is 542 g/mol. The van der Waals surface area contributed by atoms with Gasteiger partial charge < -0.3 is 0 Å². The summed E-state index contributed by atoms with van der Waals surface area (Å²) < 4.78 is 32.2. The molecule has 6 rings (SSSR count). The molecule has 0 radical (unpaired) electrons. The molecule has 4 atom stereocenters. The summed E-state index contributed by atoms with van der Waals surface area (Å²) in [4.78, 5) is 1.79. The second kappa shape index (κ2) is 9.18. The molecule has 0 spiro atoms. The third kappa shape index (κ3) is 3.74. The van der Waals surface area contributed by atoms with Crippen molar-refractivity contribution >= 4 is 37.0 Å². The first-order valence-electron chi connectivity index (χ1n) is 13.5. The highest BCUT2D eigenvalue weighted by Gasteiger charge is 2.55. The Bertz CT molecular complexity index is 1640. The summed E-state index contributed by atoms with van der Waals surface area (Å²) in [6, 6.07) is 23.1. The van der Waals surface area contributed by atoms with Gasteiger partial charge in [0.25, 0.3) is 0 Å². The molecule has 0 saturated carbocycles. The van der Waals surface area contributed by atoms with Crippen molar-refractivity contribution in [3.63, 3.8) is 0 Å². The molecule has 1 aromatic heterocycles. The maximum atomic E-state index is 14.5. The average Bonchev–Trinajstić information content (AvgIpc) is 3.44. The molecule has 3 nitrogen and oxygen atoms in total. The van der Waals surface area contributed by atoms with Gasteiger partial charge in [-0.2, -0.15) is 4.31 Å². The number of hydrogen-bond acceptors (Lipinski definition) is 3. The van der Waals surface area contributed by atoms with Crippen molar-refractivity contribution in [1.82, 2.24) is 4.31 Å². The van der Waals surface area contributed by atoms with Crippen molar-refractivity contribution in [2.24, 2.45) is 17.8 Å². The molecule has 2 heterocycles. The largest absolute Gasteiger partial charge is 0.243 e. The van der Waals surface area contributed by atoms with Crippen molar-refractivity contribution in [3.05, 3.63) is 106 Å². The minimum absolute atomic E-state index is 0.0477. The van der Waals surface area contributed by atoms with E-state index in [1.54, 1.807) is 0 Å². The Labute approximate surface area is 230 Å². The van der Waals surface area contributed by atoms with E-state index in [9.17, 15) is 8.42 Å². The topological polar surface area (TPSA) is 37.4 Å². The molecule has 1 fully saturated rings. The molecule has 1 aliphatic heterocycles. The molecule has 1 saturated heterocycles. The maximum absolute atomic E-state index is 14.5. The zero-order chi connectivity index (χ0) is 26.9. The maximum Gasteiger partial charge on any atom is 0.243 e. The SMILES string of the molecule is C=C1c2c(sc3ccccc23)[C@H](c2ccccc2)[C@H]2CN(S(=O)(=O)c3c(C)cc(C)cc3C)[C@@H](C(C)C)[C@H]12. The van der Waals surface area contributed by atoms with Gasteiger partial charge in [0.15, 0.2) is 0 Å². The molecule has 5 heteroatoms. The van der Waals surface area contributed by atoms with Crippen molar-refractivity contribution < 1.29 is 8.42 Å². The molecule has 0 N–H and O–H groups in total. The first-order valence-corrected chi connectivity index (χ1v) is 15.7. The van der Waals surface area contributed by atoms with Gasteiger partial charge >= 0.3 is 0 Å². The predicted molar refractivity (Wildman–Crippen MR) is 159 cm³/mol. The zero-order valence-electron chi connectivity index (χ0n) is 22.7. The van der Waals surface area contributed by atoms with Crippen molar-refractivity contribution in [1.29, 1.82) is 0 Å². The fraction of sp³-hybridized carbons (Fsp3) is 0.333. The predicted octanol–water partition coefficient (Wildman–Crippen LogP) is 7.95. The van der Waals surface area contributed by atoms with Crippen LogP contribution in [0.4, 0.5) is 0 Å². The lowest BCUT2D eigenvalue weighted by atomic mass is 9.66. The number of benzene rings is 3. The highest BCUT2D eigenvalue weighted by molar-refractivity contribution is 7.89. The monoisotopic (exact) mass is 541 g/mol. The normalized spacial score (nSPS) is 23.7. The van der Waals surface area contributed by atoms with Crippen LogP contribution in [0.3, 0.4) is 0 Å². The van der Waals surface area contributed by atoms with Crippen LogP contribution in [-0.2, 0) is 10.0 Å². The molecule has 1 aliphatic carbocycles. The molecule has 3 aromatic carbocycles. The molecule has 0 amide bonds. The number of aryl methyl sites for hydroxylation is 3. The van der Waals surface area contributed by atoms with Gasteiger partial charge in [-0.3, -0.25) is 0 Å². The summed E-state index contributed by atoms with van der Waals surface area (Å²) in [6.45, 7) is 15.4. The van der Waals surface area contributed by atoms with Gasteiger partial charge in [0.1, 0.15) is 0 Å². The van der Waals surface area contributed by atoms with Gasteiger partial charge in [-0.05, 0) is 66.5 Å². The van der Waals surface area contributed by atoms with Crippen LogP contribution >= 0.6 is 11.3 Å². The van der Waals surface area contributed by atoms with Crippen LogP contribution in [0.15, 0.2) is 78.2 Å². The Morgan fingerprint density at radius 2 is 1.58 bits per heavy atom. The summed E-state index contributed by atoms with van der Waals surface area (Å²) in [6.07, 6.45) is 0. The Kier molecular flexibility index (Phi) is 6.17. The number of sulfonamides is 1. The molecule has 38 heavy (non-hydrogen) atoms. The van der Waals surface area contributed by atoms with Crippen LogP contribution < -0.4 is 0 Å². The molecule has 196 valence electrons. The Morgan fingerprint density at radius 1 is 0.947 bits per heavy atom. The summed E-state index contributed by atoms with van der Waals surface area (Å²) in [5.74, 6) is 0.441. The first kappa shape index (κ1) is 25.5. The fourth-order valence-corrected chi connectivity index (χ4v) is 11.1. The molecule has 0 unspecified atom stereocenters. The van der Waals surface area contributed by atoms with Gasteiger partial charge in [0.2, 0.25) is 10.0 Å². The molecular weight excluding hydrogens is 507 g/mol. The van der Waals surface area contributed by atoms with Crippen LogP contribution in [0.2, 0.25) is 0 Å². The van der Waals surface area contributed by atoms with Crippen molar-refractivity contribution in [3.8, 4) is 0 Å². The van der Waals surface area contributed by atoms with Gasteiger partial charge in [0, 0.05) is 39.4 Å². The number of nitrogens with zero attached hydrogens (tertiary/aromatic N) is 1. The number of hydrogen-bond donors (Lipinski definition) is 0. The van der Waals surface area contributed by atoms with E-state index in [1.165, 1.54) is 26.1 Å². The van der Waals surface area contributed by atoms with E-state index in [1.807, 2.05) is 48.5 Å². The van der Waals surface area contributed by atoms with E-state index in [0.29, 0.717) is 11.4 Å². The number of thiophene rings is 1. The third-order valence-corrected chi connectivity index (χ3v) is 12.0. The zero-order valence-corrected chi connectivity index (χ0v) is 24.4. The Balaban J connectivity index is 1.57. The van der Waals surface area contributed by atoms with E-state index in [4.69, 9.17) is 6.58 Å². The summed E-state index contributed by atoms with van der Waals surface area (Å²) >= 11 is 1.85. The van der Waals surface area contributed by atoms with Crippen LogP contribution in [0.5, 0.6) is 0 Å². The lowest BCUT2D eigenvalue weighted by Gasteiger charge is -2.38. The van der Waals surface area contributed by atoms with E-state index in [0.717, 1.165) is 22.3 Å². The smallest absolute Gasteiger partial charge is 0.207 e. The molecular formula is C33H35NO2S2. The van der Waals surface area contributed by atoms with E-state index >= 15 is 0 Å². The summed E-state index contributed by atoms with van der Waals surface area (Å²) in [5, 5.41) is 1.24. The Hall–Kier alpha value is -2.73. The number of fused-ring (bicyclic) bond motifs is 4. The van der Waals surface area contributed by atoms with E-state index in [2.05, 4.69) is 68.4 Å². The van der Waals surface area contributed by atoms with Gasteiger partial charge in [-0.1, -0.05) is 86.7 Å². The first-order chi connectivity index (χ1) is 18.1. The summed E-state index contributed by atoms with van der Waals surface area (Å²) in [7, 11) is -3.72. The summed E-state index contributed by atoms with van der Waals surface area (Å²) in [5.41, 5.74) is 6.33. The lowest BCUT2D eigenvalue weighted by Crippen LogP contribution is -2.42.